The second-order valence-electron chi connectivity index (χ2n) is 5.50. The molecule has 0 aromatic carbocycles. The van der Waals surface area contributed by atoms with Gasteiger partial charge in [0.1, 0.15) is 0 Å². The van der Waals surface area contributed by atoms with E-state index in [1.54, 1.807) is 12.4 Å². The number of rotatable bonds is 2. The zero-order chi connectivity index (χ0) is 13.3. The van der Waals surface area contributed by atoms with E-state index < -0.39 is 5.54 Å². The number of hydrogen-bond donors (Lipinski definition) is 1. The van der Waals surface area contributed by atoms with Crippen LogP contribution in [0.5, 0.6) is 0 Å². The van der Waals surface area contributed by atoms with Crippen LogP contribution in [0.4, 0.5) is 0 Å². The molecule has 0 aliphatic heterocycles. The molecular formula is C14H18N4O. The van der Waals surface area contributed by atoms with Crippen LogP contribution in [0.15, 0.2) is 29.0 Å². The van der Waals surface area contributed by atoms with Gasteiger partial charge in [-0.2, -0.15) is 4.98 Å². The van der Waals surface area contributed by atoms with E-state index in [0.717, 1.165) is 37.2 Å². The number of aromatic nitrogens is 3. The van der Waals surface area contributed by atoms with Crippen LogP contribution in [0.1, 0.15) is 38.5 Å². The lowest BCUT2D eigenvalue weighted by molar-refractivity contribution is 0.190. The molecule has 2 heterocycles. The first kappa shape index (κ1) is 12.3. The molecule has 5 nitrogen and oxygen atoms in total. The van der Waals surface area contributed by atoms with Crippen LogP contribution in [0.2, 0.25) is 0 Å². The first-order valence-corrected chi connectivity index (χ1v) is 6.71. The molecule has 0 atom stereocenters. The van der Waals surface area contributed by atoms with E-state index in [2.05, 4.69) is 22.0 Å². The number of hydrogen-bond acceptors (Lipinski definition) is 5. The van der Waals surface area contributed by atoms with Gasteiger partial charge in [-0.3, -0.25) is 4.98 Å². The summed E-state index contributed by atoms with van der Waals surface area (Å²) in [5.74, 6) is 1.85. The number of nitrogens with two attached hydrogens (primary N) is 1. The highest BCUT2D eigenvalue weighted by Crippen LogP contribution is 2.37. The van der Waals surface area contributed by atoms with Crippen LogP contribution >= 0.6 is 0 Å². The Kier molecular flexibility index (Phi) is 3.06. The average Bonchev–Trinajstić information content (AvgIpc) is 2.94. The van der Waals surface area contributed by atoms with E-state index >= 15 is 0 Å². The Hall–Kier alpha value is -1.75. The van der Waals surface area contributed by atoms with Gasteiger partial charge in [-0.25, -0.2) is 0 Å². The normalized spacial score (nSPS) is 27.4. The van der Waals surface area contributed by atoms with Crippen molar-refractivity contribution in [3.05, 3.63) is 30.4 Å². The summed E-state index contributed by atoms with van der Waals surface area (Å²) in [4.78, 5) is 8.52. The fourth-order valence-corrected chi connectivity index (χ4v) is 2.53. The van der Waals surface area contributed by atoms with Gasteiger partial charge in [-0.1, -0.05) is 12.1 Å². The molecule has 100 valence electrons. The number of pyridine rings is 1. The minimum atomic E-state index is -0.458. The Morgan fingerprint density at radius 2 is 2.16 bits per heavy atom. The van der Waals surface area contributed by atoms with Crippen molar-refractivity contribution in [2.75, 3.05) is 0 Å². The van der Waals surface area contributed by atoms with Gasteiger partial charge in [-0.05, 0) is 43.7 Å². The summed E-state index contributed by atoms with van der Waals surface area (Å²) in [7, 11) is 0. The summed E-state index contributed by atoms with van der Waals surface area (Å²) in [5.41, 5.74) is 6.82. The predicted octanol–water partition coefficient (Wildman–Crippen LogP) is 2.50. The molecule has 0 bridgehead atoms. The lowest BCUT2D eigenvalue weighted by Gasteiger charge is -2.32. The van der Waals surface area contributed by atoms with E-state index in [9.17, 15) is 0 Å². The first-order chi connectivity index (χ1) is 9.17. The molecule has 1 fully saturated rings. The summed E-state index contributed by atoms with van der Waals surface area (Å²) in [6.07, 6.45) is 7.48. The van der Waals surface area contributed by atoms with Crippen molar-refractivity contribution in [2.24, 2.45) is 11.7 Å². The largest absolute Gasteiger partial charge is 0.337 e. The first-order valence-electron chi connectivity index (χ1n) is 6.71. The van der Waals surface area contributed by atoms with Crippen molar-refractivity contribution in [1.29, 1.82) is 0 Å². The Morgan fingerprint density at radius 1 is 1.37 bits per heavy atom. The quantitative estimate of drug-likeness (QED) is 0.895. The third-order valence-electron chi connectivity index (χ3n) is 3.94. The third-order valence-corrected chi connectivity index (χ3v) is 3.94. The van der Waals surface area contributed by atoms with Crippen LogP contribution < -0.4 is 5.73 Å². The Balaban J connectivity index is 1.85. The zero-order valence-electron chi connectivity index (χ0n) is 11.0. The fourth-order valence-electron chi connectivity index (χ4n) is 2.53. The monoisotopic (exact) mass is 258 g/mol. The van der Waals surface area contributed by atoms with Crippen molar-refractivity contribution in [3.8, 4) is 11.4 Å². The van der Waals surface area contributed by atoms with Gasteiger partial charge in [-0.15, -0.1) is 0 Å². The van der Waals surface area contributed by atoms with Crippen molar-refractivity contribution in [3.63, 3.8) is 0 Å². The molecule has 0 amide bonds. The molecule has 19 heavy (non-hydrogen) atoms. The van der Waals surface area contributed by atoms with Gasteiger partial charge in [0, 0.05) is 18.0 Å². The van der Waals surface area contributed by atoms with Crippen LogP contribution in [-0.4, -0.2) is 15.1 Å². The van der Waals surface area contributed by atoms with Gasteiger partial charge in [0.25, 0.3) is 0 Å². The molecule has 2 aromatic rings. The van der Waals surface area contributed by atoms with E-state index in [4.69, 9.17) is 10.3 Å². The minimum absolute atomic E-state index is 0.458. The van der Waals surface area contributed by atoms with Gasteiger partial charge in [0.15, 0.2) is 0 Å². The van der Waals surface area contributed by atoms with E-state index in [-0.39, 0.29) is 0 Å². The average molecular weight is 258 g/mol. The van der Waals surface area contributed by atoms with Crippen LogP contribution in [0.25, 0.3) is 11.4 Å². The molecule has 2 N–H and O–H groups in total. The molecule has 3 rings (SSSR count). The van der Waals surface area contributed by atoms with Crippen LogP contribution in [0.3, 0.4) is 0 Å². The zero-order valence-corrected chi connectivity index (χ0v) is 11.0. The highest BCUT2D eigenvalue weighted by atomic mass is 16.5. The van der Waals surface area contributed by atoms with Crippen LogP contribution in [0, 0.1) is 5.92 Å². The highest BCUT2D eigenvalue weighted by Gasteiger charge is 2.37. The summed E-state index contributed by atoms with van der Waals surface area (Å²) in [5, 5.41) is 4.02. The van der Waals surface area contributed by atoms with Crippen molar-refractivity contribution < 1.29 is 4.52 Å². The van der Waals surface area contributed by atoms with Crippen molar-refractivity contribution in [2.45, 2.75) is 38.1 Å². The third kappa shape index (κ3) is 2.38. The minimum Gasteiger partial charge on any atom is -0.337 e. The lowest BCUT2D eigenvalue weighted by atomic mass is 9.78. The highest BCUT2D eigenvalue weighted by molar-refractivity contribution is 5.52. The van der Waals surface area contributed by atoms with Gasteiger partial charge in [0.2, 0.25) is 11.7 Å². The van der Waals surface area contributed by atoms with Gasteiger partial charge >= 0.3 is 0 Å². The molecule has 0 radical (unpaired) electrons. The van der Waals surface area contributed by atoms with Gasteiger partial charge < -0.3 is 10.3 Å². The smallest absolute Gasteiger partial charge is 0.247 e. The SMILES string of the molecule is CC1CCC(N)(c2nc(-c3cccnc3)no2)CC1. The maximum atomic E-state index is 6.42. The summed E-state index contributed by atoms with van der Waals surface area (Å²) >= 11 is 0. The second kappa shape index (κ2) is 4.74. The molecule has 1 aliphatic carbocycles. The molecule has 0 saturated heterocycles. The number of nitrogens with zero attached hydrogens (tertiary/aromatic N) is 3. The van der Waals surface area contributed by atoms with Gasteiger partial charge in [0.05, 0.1) is 5.54 Å². The fraction of sp³-hybridized carbons (Fsp3) is 0.500. The predicted molar refractivity (Wildman–Crippen MR) is 71.0 cm³/mol. The maximum Gasteiger partial charge on any atom is 0.247 e. The Labute approximate surface area is 112 Å². The molecule has 5 heteroatoms. The molecular weight excluding hydrogens is 240 g/mol. The molecule has 2 aromatic heterocycles. The molecule has 0 spiro atoms. The lowest BCUT2D eigenvalue weighted by Crippen LogP contribution is -2.40. The molecule has 0 unspecified atom stereocenters. The maximum absolute atomic E-state index is 6.42. The summed E-state index contributed by atoms with van der Waals surface area (Å²) < 4.78 is 5.38. The van der Waals surface area contributed by atoms with Crippen molar-refractivity contribution in [1.82, 2.24) is 15.1 Å². The Morgan fingerprint density at radius 3 is 2.84 bits per heavy atom. The topological polar surface area (TPSA) is 77.8 Å². The standard InChI is InChI=1S/C14H18N4O/c1-10-4-6-14(15,7-5-10)13-17-12(18-19-13)11-3-2-8-16-9-11/h2-3,8-10H,4-7,15H2,1H3. The molecule has 1 aliphatic rings. The Bertz CT molecular complexity index is 544. The van der Waals surface area contributed by atoms with E-state index in [0.29, 0.717) is 11.7 Å². The summed E-state index contributed by atoms with van der Waals surface area (Å²) in [6, 6.07) is 3.76. The molecule has 1 saturated carbocycles. The van der Waals surface area contributed by atoms with Crippen LogP contribution in [-0.2, 0) is 5.54 Å². The van der Waals surface area contributed by atoms with E-state index in [1.165, 1.54) is 0 Å². The van der Waals surface area contributed by atoms with E-state index in [1.807, 2.05) is 12.1 Å². The van der Waals surface area contributed by atoms with Crippen molar-refractivity contribution >= 4 is 0 Å². The second-order valence-corrected chi connectivity index (χ2v) is 5.50. The summed E-state index contributed by atoms with van der Waals surface area (Å²) in [6.45, 7) is 2.26.